The highest BCUT2D eigenvalue weighted by Crippen LogP contribution is 2.18. The number of rotatable bonds is 2. The fourth-order valence-electron chi connectivity index (χ4n) is 2.19. The average Bonchev–Trinajstić information content (AvgIpc) is 2.31. The van der Waals surface area contributed by atoms with E-state index in [0.29, 0.717) is 17.3 Å². The Hall–Kier alpha value is -1.51. The van der Waals surface area contributed by atoms with Gasteiger partial charge in [0.2, 0.25) is 0 Å². The standard InChI is InChI=1S/C13H18N2O/c1-10-12(8-5-9-14-10)13(16)15-11-6-3-2-4-7-11/h5,8-9,11,14H,1-4,6-7H2,(H,15,16). The van der Waals surface area contributed by atoms with Crippen LogP contribution in [0.25, 0.3) is 0 Å². The minimum Gasteiger partial charge on any atom is -0.362 e. The second-order valence-corrected chi connectivity index (χ2v) is 4.37. The summed E-state index contributed by atoms with van der Waals surface area (Å²) in [7, 11) is 0. The number of carbonyl (C=O) groups is 1. The number of hydrogen-bond donors (Lipinski definition) is 2. The van der Waals surface area contributed by atoms with Gasteiger partial charge in [-0.1, -0.05) is 25.8 Å². The van der Waals surface area contributed by atoms with E-state index in [1.807, 2.05) is 6.08 Å². The predicted octanol–water partition coefficient (Wildman–Crippen LogP) is 1.99. The van der Waals surface area contributed by atoms with Crippen LogP contribution in [0.1, 0.15) is 32.1 Å². The smallest absolute Gasteiger partial charge is 0.253 e. The quantitative estimate of drug-likeness (QED) is 0.744. The van der Waals surface area contributed by atoms with Gasteiger partial charge in [-0.2, -0.15) is 0 Å². The summed E-state index contributed by atoms with van der Waals surface area (Å²) in [6.45, 7) is 3.82. The second-order valence-electron chi connectivity index (χ2n) is 4.37. The van der Waals surface area contributed by atoms with Gasteiger partial charge in [-0.15, -0.1) is 0 Å². The molecule has 1 heterocycles. The lowest BCUT2D eigenvalue weighted by atomic mass is 9.95. The molecule has 0 aromatic rings. The number of amides is 1. The summed E-state index contributed by atoms with van der Waals surface area (Å²) in [5.74, 6) is -0.00579. The van der Waals surface area contributed by atoms with Gasteiger partial charge in [0.05, 0.1) is 5.57 Å². The summed E-state index contributed by atoms with van der Waals surface area (Å²) in [5.41, 5.74) is 1.32. The highest BCUT2D eigenvalue weighted by molar-refractivity contribution is 5.98. The topological polar surface area (TPSA) is 41.1 Å². The number of dihydropyridines is 1. The number of allylic oxidation sites excluding steroid dienone is 2. The molecule has 0 spiro atoms. The van der Waals surface area contributed by atoms with Crippen molar-refractivity contribution in [3.8, 4) is 0 Å². The van der Waals surface area contributed by atoms with Crippen molar-refractivity contribution in [1.82, 2.24) is 10.6 Å². The molecule has 1 saturated carbocycles. The molecule has 2 N–H and O–H groups in total. The maximum atomic E-state index is 12.0. The molecule has 0 aromatic heterocycles. The summed E-state index contributed by atoms with van der Waals surface area (Å²) >= 11 is 0. The van der Waals surface area contributed by atoms with Crippen LogP contribution < -0.4 is 10.6 Å². The Balaban J connectivity index is 1.94. The number of hydrogen-bond acceptors (Lipinski definition) is 2. The van der Waals surface area contributed by atoms with Gasteiger partial charge in [0.25, 0.3) is 5.91 Å². The highest BCUT2D eigenvalue weighted by Gasteiger charge is 2.19. The van der Waals surface area contributed by atoms with Crippen LogP contribution in [0.5, 0.6) is 0 Å². The molecule has 16 heavy (non-hydrogen) atoms. The van der Waals surface area contributed by atoms with E-state index in [0.717, 1.165) is 12.8 Å². The lowest BCUT2D eigenvalue weighted by Gasteiger charge is -2.24. The molecule has 0 unspecified atom stereocenters. The van der Waals surface area contributed by atoms with Crippen LogP contribution in [0.4, 0.5) is 0 Å². The molecule has 1 amide bonds. The molecule has 2 aliphatic rings. The van der Waals surface area contributed by atoms with Gasteiger partial charge < -0.3 is 10.6 Å². The second kappa shape index (κ2) is 5.01. The molecule has 3 nitrogen and oxygen atoms in total. The van der Waals surface area contributed by atoms with E-state index in [4.69, 9.17) is 0 Å². The largest absolute Gasteiger partial charge is 0.362 e. The van der Waals surface area contributed by atoms with Crippen LogP contribution in [-0.2, 0) is 4.79 Å². The van der Waals surface area contributed by atoms with E-state index in [-0.39, 0.29) is 5.91 Å². The molecule has 2 rings (SSSR count). The number of nitrogens with one attached hydrogen (secondary N) is 2. The molecule has 1 aliphatic heterocycles. The van der Waals surface area contributed by atoms with E-state index in [9.17, 15) is 4.79 Å². The Labute approximate surface area is 96.3 Å². The summed E-state index contributed by atoms with van der Waals surface area (Å²) in [5, 5.41) is 6.02. The first kappa shape index (κ1) is 11.0. The maximum Gasteiger partial charge on any atom is 0.253 e. The Bertz CT molecular complexity index is 349. The minimum absolute atomic E-state index is 0.00579. The zero-order chi connectivity index (χ0) is 11.4. The van der Waals surface area contributed by atoms with Gasteiger partial charge in [-0.25, -0.2) is 0 Å². The lowest BCUT2D eigenvalue weighted by molar-refractivity contribution is -0.118. The van der Waals surface area contributed by atoms with Crippen molar-refractivity contribution in [2.45, 2.75) is 38.1 Å². The molecular weight excluding hydrogens is 200 g/mol. The van der Waals surface area contributed by atoms with E-state index < -0.39 is 0 Å². The molecule has 86 valence electrons. The van der Waals surface area contributed by atoms with Crippen molar-refractivity contribution in [2.75, 3.05) is 0 Å². The molecule has 0 radical (unpaired) electrons. The van der Waals surface area contributed by atoms with Gasteiger partial charge in [-0.3, -0.25) is 4.79 Å². The molecule has 0 aromatic carbocycles. The normalized spacial score (nSPS) is 21.2. The minimum atomic E-state index is -0.00579. The lowest BCUT2D eigenvalue weighted by Crippen LogP contribution is -2.38. The van der Waals surface area contributed by atoms with Crippen LogP contribution in [0.2, 0.25) is 0 Å². The van der Waals surface area contributed by atoms with E-state index in [1.54, 1.807) is 12.3 Å². The van der Waals surface area contributed by atoms with E-state index >= 15 is 0 Å². The molecule has 1 fully saturated rings. The first-order valence-corrected chi connectivity index (χ1v) is 5.91. The summed E-state index contributed by atoms with van der Waals surface area (Å²) in [4.78, 5) is 12.0. The van der Waals surface area contributed by atoms with Gasteiger partial charge in [0.1, 0.15) is 0 Å². The van der Waals surface area contributed by atoms with Crippen molar-refractivity contribution >= 4 is 5.91 Å². The van der Waals surface area contributed by atoms with Crippen molar-refractivity contribution in [3.63, 3.8) is 0 Å². The van der Waals surface area contributed by atoms with Crippen LogP contribution in [0.3, 0.4) is 0 Å². The Morgan fingerprint density at radius 3 is 2.81 bits per heavy atom. The third-order valence-electron chi connectivity index (χ3n) is 3.13. The van der Waals surface area contributed by atoms with Crippen molar-refractivity contribution in [2.24, 2.45) is 0 Å². The Kier molecular flexibility index (Phi) is 3.44. The van der Waals surface area contributed by atoms with Gasteiger partial charge in [-0.05, 0) is 25.0 Å². The molecule has 1 aliphatic carbocycles. The Morgan fingerprint density at radius 2 is 2.12 bits per heavy atom. The highest BCUT2D eigenvalue weighted by atomic mass is 16.1. The van der Waals surface area contributed by atoms with Gasteiger partial charge >= 0.3 is 0 Å². The molecule has 0 atom stereocenters. The Morgan fingerprint density at radius 1 is 1.38 bits per heavy atom. The molecule has 3 heteroatoms. The van der Waals surface area contributed by atoms with Crippen molar-refractivity contribution < 1.29 is 4.79 Å². The number of carbonyl (C=O) groups excluding carboxylic acids is 1. The third-order valence-corrected chi connectivity index (χ3v) is 3.13. The first-order valence-electron chi connectivity index (χ1n) is 5.91. The molecular formula is C13H18N2O. The van der Waals surface area contributed by atoms with Gasteiger partial charge in [0, 0.05) is 17.9 Å². The summed E-state index contributed by atoms with van der Waals surface area (Å²) in [6.07, 6.45) is 11.4. The van der Waals surface area contributed by atoms with Crippen molar-refractivity contribution in [1.29, 1.82) is 0 Å². The monoisotopic (exact) mass is 218 g/mol. The summed E-state index contributed by atoms with van der Waals surface area (Å²) in [6, 6.07) is 0.348. The molecule has 0 saturated heterocycles. The fraction of sp³-hybridized carbons (Fsp3) is 0.462. The predicted molar refractivity (Wildman–Crippen MR) is 64.5 cm³/mol. The first-order chi connectivity index (χ1) is 7.77. The SMILES string of the molecule is C=C1NC=CC=C1C(=O)NC1CCCCC1. The zero-order valence-electron chi connectivity index (χ0n) is 9.46. The maximum absolute atomic E-state index is 12.0. The molecule has 0 bridgehead atoms. The van der Waals surface area contributed by atoms with E-state index in [1.165, 1.54) is 19.3 Å². The fourth-order valence-corrected chi connectivity index (χ4v) is 2.19. The van der Waals surface area contributed by atoms with Crippen LogP contribution in [-0.4, -0.2) is 11.9 Å². The van der Waals surface area contributed by atoms with Crippen molar-refractivity contribution in [3.05, 3.63) is 36.2 Å². The average molecular weight is 218 g/mol. The van der Waals surface area contributed by atoms with E-state index in [2.05, 4.69) is 17.2 Å². The van der Waals surface area contributed by atoms with Crippen LogP contribution in [0.15, 0.2) is 36.2 Å². The third kappa shape index (κ3) is 2.54. The van der Waals surface area contributed by atoms with Crippen LogP contribution in [0, 0.1) is 0 Å². The van der Waals surface area contributed by atoms with Gasteiger partial charge in [0.15, 0.2) is 0 Å². The summed E-state index contributed by atoms with van der Waals surface area (Å²) < 4.78 is 0. The zero-order valence-corrected chi connectivity index (χ0v) is 9.46. The van der Waals surface area contributed by atoms with Crippen LogP contribution >= 0.6 is 0 Å².